The number of allylic oxidation sites excluding steroid dienone is 1. The fraction of sp³-hybridized carbons (Fsp3) is 0.278. The van der Waals surface area contributed by atoms with Crippen molar-refractivity contribution in [2.75, 3.05) is 5.32 Å². The summed E-state index contributed by atoms with van der Waals surface area (Å²) in [7, 11) is 0. The second kappa shape index (κ2) is 5.33. The zero-order valence-corrected chi connectivity index (χ0v) is 13.8. The number of aromatic nitrogens is 3. The highest BCUT2D eigenvalue weighted by Crippen LogP contribution is 2.39. The van der Waals surface area contributed by atoms with Crippen molar-refractivity contribution in [3.05, 3.63) is 52.7 Å². The van der Waals surface area contributed by atoms with Crippen LogP contribution in [0.25, 0.3) is 11.7 Å². The maximum absolute atomic E-state index is 12.1. The zero-order valence-electron chi connectivity index (χ0n) is 13.8. The Morgan fingerprint density at radius 2 is 2.29 bits per heavy atom. The lowest BCUT2D eigenvalue weighted by atomic mass is 9.87. The number of anilines is 1. The van der Waals surface area contributed by atoms with Crippen molar-refractivity contribution in [1.29, 1.82) is 0 Å². The summed E-state index contributed by atoms with van der Waals surface area (Å²) >= 11 is 0. The normalized spacial score (nSPS) is 17.9. The molecule has 0 radical (unpaired) electrons. The SMILES string of the molecule is C/C(=C\c1ccco1)C1CC(=O)Nc2nn3c(C)cc(C)nc3c21. The molecule has 4 heterocycles. The van der Waals surface area contributed by atoms with Crippen molar-refractivity contribution >= 4 is 23.4 Å². The quantitative estimate of drug-likeness (QED) is 0.784. The van der Waals surface area contributed by atoms with E-state index < -0.39 is 0 Å². The highest BCUT2D eigenvalue weighted by atomic mass is 16.3. The van der Waals surface area contributed by atoms with Crippen LogP contribution < -0.4 is 5.32 Å². The van der Waals surface area contributed by atoms with Gasteiger partial charge in [0, 0.05) is 29.3 Å². The van der Waals surface area contributed by atoms with Gasteiger partial charge < -0.3 is 9.73 Å². The number of nitrogens with zero attached hydrogens (tertiary/aromatic N) is 3. The second-order valence-electron chi connectivity index (χ2n) is 6.25. The van der Waals surface area contributed by atoms with Crippen molar-refractivity contribution in [3.63, 3.8) is 0 Å². The molecule has 24 heavy (non-hydrogen) atoms. The van der Waals surface area contributed by atoms with Gasteiger partial charge in [0.2, 0.25) is 5.91 Å². The van der Waals surface area contributed by atoms with E-state index in [2.05, 4.69) is 15.4 Å². The molecule has 4 rings (SSSR count). The molecule has 6 heteroatoms. The van der Waals surface area contributed by atoms with Crippen LogP contribution in [0.2, 0.25) is 0 Å². The highest BCUT2D eigenvalue weighted by Gasteiger charge is 2.32. The third-order valence-electron chi connectivity index (χ3n) is 4.39. The minimum Gasteiger partial charge on any atom is -0.465 e. The Morgan fingerprint density at radius 3 is 3.04 bits per heavy atom. The van der Waals surface area contributed by atoms with Crippen LogP contribution in [-0.2, 0) is 4.79 Å². The molecule has 3 aromatic heterocycles. The topological polar surface area (TPSA) is 72.4 Å². The number of carbonyl (C=O) groups is 1. The molecule has 0 bridgehead atoms. The third kappa shape index (κ3) is 2.31. The van der Waals surface area contributed by atoms with Gasteiger partial charge in [-0.15, -0.1) is 5.10 Å². The first-order valence-corrected chi connectivity index (χ1v) is 7.91. The van der Waals surface area contributed by atoms with Crippen LogP contribution in [0.1, 0.15) is 42.0 Å². The van der Waals surface area contributed by atoms with Gasteiger partial charge in [-0.2, -0.15) is 0 Å². The van der Waals surface area contributed by atoms with Gasteiger partial charge in [0.1, 0.15) is 5.76 Å². The summed E-state index contributed by atoms with van der Waals surface area (Å²) in [5.41, 5.74) is 4.76. The first-order chi connectivity index (χ1) is 11.5. The van der Waals surface area contributed by atoms with Crippen LogP contribution in [0.3, 0.4) is 0 Å². The molecular formula is C18H18N4O2. The van der Waals surface area contributed by atoms with E-state index in [1.54, 1.807) is 10.8 Å². The summed E-state index contributed by atoms with van der Waals surface area (Å²) in [5, 5.41) is 7.42. The minimum atomic E-state index is -0.0648. The van der Waals surface area contributed by atoms with E-state index in [9.17, 15) is 4.79 Å². The summed E-state index contributed by atoms with van der Waals surface area (Å²) in [4.78, 5) is 16.8. The van der Waals surface area contributed by atoms with E-state index in [1.165, 1.54) is 0 Å². The molecular weight excluding hydrogens is 304 g/mol. The Kier molecular flexibility index (Phi) is 3.26. The van der Waals surface area contributed by atoms with Crippen LogP contribution in [0, 0.1) is 13.8 Å². The summed E-state index contributed by atoms with van der Waals surface area (Å²) in [6, 6.07) is 5.73. The minimum absolute atomic E-state index is 0.0301. The summed E-state index contributed by atoms with van der Waals surface area (Å²) in [6.45, 7) is 5.97. The predicted octanol–water partition coefficient (Wildman–Crippen LogP) is 3.47. The molecule has 1 amide bonds. The molecule has 3 aromatic rings. The van der Waals surface area contributed by atoms with Gasteiger partial charge in [-0.3, -0.25) is 4.79 Å². The fourth-order valence-electron chi connectivity index (χ4n) is 3.31. The van der Waals surface area contributed by atoms with E-state index in [4.69, 9.17) is 4.42 Å². The van der Waals surface area contributed by atoms with Crippen LogP contribution in [-0.4, -0.2) is 20.5 Å². The lowest BCUT2D eigenvalue weighted by Crippen LogP contribution is -2.23. The monoisotopic (exact) mass is 322 g/mol. The second-order valence-corrected chi connectivity index (χ2v) is 6.25. The van der Waals surface area contributed by atoms with E-state index >= 15 is 0 Å². The van der Waals surface area contributed by atoms with E-state index in [1.807, 2.05) is 45.0 Å². The molecule has 0 saturated heterocycles. The molecule has 0 aromatic carbocycles. The maximum atomic E-state index is 12.1. The predicted molar refractivity (Wildman–Crippen MR) is 90.8 cm³/mol. The van der Waals surface area contributed by atoms with E-state index in [-0.39, 0.29) is 11.8 Å². The average Bonchev–Trinajstić information content (AvgIpc) is 3.14. The number of hydrogen-bond donors (Lipinski definition) is 1. The Balaban J connectivity index is 1.91. The number of hydrogen-bond acceptors (Lipinski definition) is 4. The van der Waals surface area contributed by atoms with Crippen molar-refractivity contribution in [2.45, 2.75) is 33.1 Å². The number of aryl methyl sites for hydroxylation is 2. The van der Waals surface area contributed by atoms with Gasteiger partial charge in [-0.25, -0.2) is 9.50 Å². The largest absolute Gasteiger partial charge is 0.465 e. The Hall–Kier alpha value is -2.89. The third-order valence-corrected chi connectivity index (χ3v) is 4.39. The fourth-order valence-corrected chi connectivity index (χ4v) is 3.31. The van der Waals surface area contributed by atoms with Crippen LogP contribution in [0.15, 0.2) is 34.5 Å². The average molecular weight is 322 g/mol. The number of fused-ring (bicyclic) bond motifs is 3. The molecule has 122 valence electrons. The molecule has 0 saturated carbocycles. The van der Waals surface area contributed by atoms with E-state index in [0.717, 1.165) is 33.9 Å². The molecule has 1 atom stereocenters. The number of nitrogens with one attached hydrogen (secondary N) is 1. The molecule has 0 spiro atoms. The number of furan rings is 1. The molecule has 1 unspecified atom stereocenters. The summed E-state index contributed by atoms with van der Waals surface area (Å²) in [5.74, 6) is 1.28. The van der Waals surface area contributed by atoms with Gasteiger partial charge in [0.05, 0.1) is 6.26 Å². The molecule has 1 N–H and O–H groups in total. The van der Waals surface area contributed by atoms with Gasteiger partial charge in [0.25, 0.3) is 0 Å². The van der Waals surface area contributed by atoms with E-state index in [0.29, 0.717) is 12.2 Å². The Labute approximate surface area is 139 Å². The summed E-state index contributed by atoms with van der Waals surface area (Å²) < 4.78 is 7.21. The smallest absolute Gasteiger partial charge is 0.226 e. The first-order valence-electron chi connectivity index (χ1n) is 7.91. The van der Waals surface area contributed by atoms with Crippen molar-refractivity contribution < 1.29 is 9.21 Å². The Morgan fingerprint density at radius 1 is 1.46 bits per heavy atom. The lowest BCUT2D eigenvalue weighted by Gasteiger charge is -2.22. The maximum Gasteiger partial charge on any atom is 0.226 e. The number of carbonyl (C=O) groups excluding carboxylic acids is 1. The molecule has 0 fully saturated rings. The van der Waals surface area contributed by atoms with Crippen molar-refractivity contribution in [1.82, 2.24) is 14.6 Å². The highest BCUT2D eigenvalue weighted by molar-refractivity contribution is 5.96. The van der Waals surface area contributed by atoms with Crippen LogP contribution >= 0.6 is 0 Å². The van der Waals surface area contributed by atoms with Gasteiger partial charge in [0.15, 0.2) is 11.5 Å². The lowest BCUT2D eigenvalue weighted by molar-refractivity contribution is -0.116. The Bertz CT molecular complexity index is 967. The summed E-state index contributed by atoms with van der Waals surface area (Å²) in [6.07, 6.45) is 3.99. The molecule has 1 aliphatic heterocycles. The molecule has 6 nitrogen and oxygen atoms in total. The number of rotatable bonds is 2. The van der Waals surface area contributed by atoms with Gasteiger partial charge in [-0.05, 0) is 45.0 Å². The molecule has 0 aliphatic carbocycles. The van der Waals surface area contributed by atoms with Crippen LogP contribution in [0.4, 0.5) is 5.82 Å². The van der Waals surface area contributed by atoms with Crippen molar-refractivity contribution in [3.8, 4) is 0 Å². The van der Waals surface area contributed by atoms with Crippen LogP contribution in [0.5, 0.6) is 0 Å². The zero-order chi connectivity index (χ0) is 16.8. The molecule has 1 aliphatic rings. The van der Waals surface area contributed by atoms with Gasteiger partial charge in [-0.1, -0.05) is 5.57 Å². The van der Waals surface area contributed by atoms with Gasteiger partial charge >= 0.3 is 0 Å². The number of amides is 1. The van der Waals surface area contributed by atoms with Crippen molar-refractivity contribution in [2.24, 2.45) is 0 Å². The first kappa shape index (κ1) is 14.7. The standard InChI is InChI=1S/C18H18N4O2/c1-10(7-13-5-4-6-24-13)14-9-15(23)20-17-16(14)18-19-11(2)8-12(3)22(18)21-17/h4-8,14H,9H2,1-3H3,(H,20,21,23)/b10-7+.